The molecule has 1 saturated carbocycles. The second-order valence-electron chi connectivity index (χ2n) is 8.20. The number of fused-ring (bicyclic) bond motifs is 1. The lowest BCUT2D eigenvalue weighted by atomic mass is 9.88. The molecule has 2 aliphatic rings. The van der Waals surface area contributed by atoms with Gasteiger partial charge in [0.25, 0.3) is 0 Å². The Bertz CT molecular complexity index is 1060. The molecular weight excluding hydrogens is 389 g/mol. The minimum Gasteiger partial charge on any atom is -0.364 e. The molecule has 2 heterocycles. The predicted molar refractivity (Wildman–Crippen MR) is 111 cm³/mol. The van der Waals surface area contributed by atoms with Crippen LogP contribution in [0.25, 0.3) is 11.0 Å². The zero-order chi connectivity index (χ0) is 20.7. The van der Waals surface area contributed by atoms with Gasteiger partial charge in [-0.25, -0.2) is 23.1 Å². The van der Waals surface area contributed by atoms with Crippen LogP contribution in [-0.2, 0) is 0 Å². The maximum Gasteiger partial charge on any atom is 0.172 e. The summed E-state index contributed by atoms with van der Waals surface area (Å²) in [7, 11) is 0. The van der Waals surface area contributed by atoms with Crippen LogP contribution < -0.4 is 10.2 Å². The molecule has 30 heavy (non-hydrogen) atoms. The molecule has 1 saturated heterocycles. The lowest BCUT2D eigenvalue weighted by Gasteiger charge is -2.35. The maximum absolute atomic E-state index is 15.0. The maximum atomic E-state index is 15.0. The first kappa shape index (κ1) is 19.2. The van der Waals surface area contributed by atoms with Crippen LogP contribution in [0.5, 0.6) is 0 Å². The van der Waals surface area contributed by atoms with Gasteiger partial charge in [-0.05, 0) is 49.8 Å². The first-order valence-corrected chi connectivity index (χ1v) is 10.5. The fourth-order valence-corrected chi connectivity index (χ4v) is 4.11. The van der Waals surface area contributed by atoms with Gasteiger partial charge < -0.3 is 10.2 Å². The van der Waals surface area contributed by atoms with E-state index in [1.54, 1.807) is 0 Å². The number of nitrogens with one attached hydrogen (secondary N) is 1. The summed E-state index contributed by atoms with van der Waals surface area (Å²) in [5.74, 6) is -0.252. The Hall–Kier alpha value is -2.83. The molecule has 2 fully saturated rings. The van der Waals surface area contributed by atoms with Gasteiger partial charge in [-0.2, -0.15) is 0 Å². The standard InChI is InChI=1S/C23H23F3N4/c24-15-5-8-17(18(25)13-15)21(26)14-9-11-30(12-10-14)23-22(27-16-6-7-16)28-19-3-1-2-4-20(19)29-23/h1-5,8,13-14,16,21H,6-7,9-12H2,(H,27,28)/t21-/m1/s1. The van der Waals surface area contributed by atoms with Gasteiger partial charge >= 0.3 is 0 Å². The monoisotopic (exact) mass is 412 g/mol. The van der Waals surface area contributed by atoms with Crippen molar-refractivity contribution in [3.63, 3.8) is 0 Å². The highest BCUT2D eigenvalue weighted by atomic mass is 19.1. The molecule has 0 radical (unpaired) electrons. The third-order valence-corrected chi connectivity index (χ3v) is 5.98. The van der Waals surface area contributed by atoms with Crippen molar-refractivity contribution < 1.29 is 13.2 Å². The summed E-state index contributed by atoms with van der Waals surface area (Å²) in [5, 5.41) is 3.47. The van der Waals surface area contributed by atoms with E-state index in [0.717, 1.165) is 47.6 Å². The molecule has 156 valence electrons. The summed E-state index contributed by atoms with van der Waals surface area (Å²) >= 11 is 0. The van der Waals surface area contributed by atoms with Crippen LogP contribution in [0.2, 0.25) is 0 Å². The highest BCUT2D eigenvalue weighted by Crippen LogP contribution is 2.38. The van der Waals surface area contributed by atoms with Crippen molar-refractivity contribution in [2.75, 3.05) is 23.3 Å². The molecule has 1 N–H and O–H groups in total. The number of rotatable bonds is 5. The van der Waals surface area contributed by atoms with Crippen molar-refractivity contribution in [1.82, 2.24) is 9.97 Å². The third kappa shape index (κ3) is 3.80. The molecule has 0 amide bonds. The second kappa shape index (κ2) is 7.78. The Labute approximate surface area is 173 Å². The van der Waals surface area contributed by atoms with Crippen LogP contribution in [0.3, 0.4) is 0 Å². The highest BCUT2D eigenvalue weighted by Gasteiger charge is 2.32. The third-order valence-electron chi connectivity index (χ3n) is 5.98. The van der Waals surface area contributed by atoms with E-state index in [0.29, 0.717) is 32.0 Å². The number of hydrogen-bond acceptors (Lipinski definition) is 4. The van der Waals surface area contributed by atoms with Gasteiger partial charge in [0.05, 0.1) is 11.0 Å². The molecule has 1 aromatic heterocycles. The number of benzene rings is 2. The van der Waals surface area contributed by atoms with Gasteiger partial charge in [-0.1, -0.05) is 18.2 Å². The molecule has 1 aliphatic carbocycles. The van der Waals surface area contributed by atoms with Crippen molar-refractivity contribution in [2.24, 2.45) is 5.92 Å². The predicted octanol–water partition coefficient (Wildman–Crippen LogP) is 5.41. The van der Waals surface area contributed by atoms with Crippen molar-refractivity contribution in [2.45, 2.75) is 37.9 Å². The number of nitrogens with zero attached hydrogens (tertiary/aromatic N) is 3. The largest absolute Gasteiger partial charge is 0.364 e. The fraction of sp³-hybridized carbons (Fsp3) is 0.391. The van der Waals surface area contributed by atoms with E-state index in [-0.39, 0.29) is 11.5 Å². The molecule has 5 rings (SSSR count). The molecule has 2 aromatic carbocycles. The van der Waals surface area contributed by atoms with Gasteiger partial charge in [-0.15, -0.1) is 0 Å². The van der Waals surface area contributed by atoms with E-state index in [4.69, 9.17) is 9.97 Å². The van der Waals surface area contributed by atoms with Crippen molar-refractivity contribution in [3.8, 4) is 0 Å². The number of halogens is 3. The molecule has 4 nitrogen and oxygen atoms in total. The summed E-state index contributed by atoms with van der Waals surface area (Å²) in [5.41, 5.74) is 1.61. The highest BCUT2D eigenvalue weighted by molar-refractivity contribution is 5.80. The molecule has 7 heteroatoms. The first-order valence-electron chi connectivity index (χ1n) is 10.5. The smallest absolute Gasteiger partial charge is 0.172 e. The molecule has 1 aliphatic heterocycles. The number of para-hydroxylation sites is 2. The van der Waals surface area contributed by atoms with E-state index in [9.17, 15) is 13.2 Å². The zero-order valence-electron chi connectivity index (χ0n) is 16.5. The molecule has 0 spiro atoms. The van der Waals surface area contributed by atoms with Gasteiger partial charge in [0.2, 0.25) is 0 Å². The van der Waals surface area contributed by atoms with Crippen LogP contribution in [0.1, 0.15) is 37.4 Å². The molecular formula is C23H23F3N4. The first-order chi connectivity index (χ1) is 14.6. The van der Waals surface area contributed by atoms with E-state index in [2.05, 4.69) is 10.2 Å². The van der Waals surface area contributed by atoms with E-state index < -0.39 is 17.8 Å². The molecule has 0 unspecified atom stereocenters. The van der Waals surface area contributed by atoms with Crippen LogP contribution in [-0.4, -0.2) is 29.1 Å². The SMILES string of the molecule is Fc1ccc([C@H](F)C2CCN(c3nc4ccccc4nc3NC3CC3)CC2)c(F)c1. The van der Waals surface area contributed by atoms with Gasteiger partial charge in [-0.3, -0.25) is 0 Å². The summed E-state index contributed by atoms with van der Waals surface area (Å²) in [6.07, 6.45) is 1.94. The Morgan fingerprint density at radius 2 is 1.63 bits per heavy atom. The summed E-state index contributed by atoms with van der Waals surface area (Å²) in [6.45, 7) is 1.22. The Morgan fingerprint density at radius 1 is 0.933 bits per heavy atom. The normalized spacial score (nSPS) is 18.6. The minimum absolute atomic E-state index is 0.0589. The number of piperidine rings is 1. The van der Waals surface area contributed by atoms with Gasteiger partial charge in [0, 0.05) is 30.8 Å². The minimum atomic E-state index is -1.44. The fourth-order valence-electron chi connectivity index (χ4n) is 4.11. The topological polar surface area (TPSA) is 41.1 Å². The van der Waals surface area contributed by atoms with Crippen LogP contribution in [0, 0.1) is 17.6 Å². The molecule has 3 aromatic rings. The Kier molecular flexibility index (Phi) is 4.97. The summed E-state index contributed by atoms with van der Waals surface area (Å²) in [6, 6.07) is 11.3. The molecule has 1 atom stereocenters. The van der Waals surface area contributed by atoms with E-state index in [1.807, 2.05) is 24.3 Å². The molecule has 0 bridgehead atoms. The van der Waals surface area contributed by atoms with Gasteiger partial charge in [0.15, 0.2) is 11.6 Å². The zero-order valence-corrected chi connectivity index (χ0v) is 16.5. The van der Waals surface area contributed by atoms with Gasteiger partial charge in [0.1, 0.15) is 17.8 Å². The average molecular weight is 412 g/mol. The van der Waals surface area contributed by atoms with Crippen LogP contribution >= 0.6 is 0 Å². The Balaban J connectivity index is 1.35. The number of hydrogen-bond donors (Lipinski definition) is 1. The quantitative estimate of drug-likeness (QED) is 0.608. The number of alkyl halides is 1. The van der Waals surface area contributed by atoms with E-state index in [1.165, 1.54) is 6.07 Å². The lowest BCUT2D eigenvalue weighted by molar-refractivity contribution is 0.193. The van der Waals surface area contributed by atoms with Crippen LogP contribution in [0.4, 0.5) is 24.8 Å². The second-order valence-corrected chi connectivity index (χ2v) is 8.20. The van der Waals surface area contributed by atoms with Crippen molar-refractivity contribution >= 4 is 22.7 Å². The number of aromatic nitrogens is 2. The van der Waals surface area contributed by atoms with Crippen molar-refractivity contribution in [1.29, 1.82) is 0 Å². The Morgan fingerprint density at radius 3 is 2.30 bits per heavy atom. The van der Waals surface area contributed by atoms with Crippen LogP contribution in [0.15, 0.2) is 42.5 Å². The average Bonchev–Trinajstić information content (AvgIpc) is 3.57. The van der Waals surface area contributed by atoms with E-state index >= 15 is 0 Å². The number of anilines is 2. The summed E-state index contributed by atoms with van der Waals surface area (Å²) < 4.78 is 42.1. The lowest BCUT2D eigenvalue weighted by Crippen LogP contribution is -2.36. The van der Waals surface area contributed by atoms with Crippen molar-refractivity contribution in [3.05, 3.63) is 59.7 Å². The summed E-state index contributed by atoms with van der Waals surface area (Å²) in [4.78, 5) is 11.7.